The zero-order chi connectivity index (χ0) is 12.4. The van der Waals surface area contributed by atoms with Crippen LogP contribution in [-0.4, -0.2) is 11.3 Å². The predicted octanol–water partition coefficient (Wildman–Crippen LogP) is 2.80. The largest absolute Gasteiger partial charge is 0.455 e. The van der Waals surface area contributed by atoms with Crippen LogP contribution in [0.5, 0.6) is 5.75 Å². The fraction of sp³-hybridized carbons (Fsp3) is 0.0667. The van der Waals surface area contributed by atoms with Gasteiger partial charge in [0.1, 0.15) is 23.5 Å². The molecule has 1 aromatic heterocycles. The lowest BCUT2D eigenvalue weighted by Gasteiger charge is -2.21. The predicted molar refractivity (Wildman–Crippen MR) is 68.1 cm³/mol. The first-order valence-corrected chi connectivity index (χ1v) is 5.74. The second-order valence-corrected chi connectivity index (χ2v) is 4.05. The van der Waals surface area contributed by atoms with Crippen LogP contribution in [0.3, 0.4) is 0 Å². The minimum absolute atomic E-state index is 0.271. The molecular weight excluding hydrogens is 226 g/mol. The Morgan fingerprint density at radius 3 is 2.72 bits per heavy atom. The van der Waals surface area contributed by atoms with Gasteiger partial charge in [-0.3, -0.25) is 4.98 Å². The van der Waals surface area contributed by atoms with Crippen LogP contribution in [0.1, 0.15) is 17.2 Å². The normalized spacial score (nSPS) is 17.3. The number of hydrogen-bond acceptors (Lipinski definition) is 3. The van der Waals surface area contributed by atoms with Gasteiger partial charge in [-0.2, -0.15) is 0 Å². The van der Waals surface area contributed by atoms with Crippen LogP contribution in [-0.2, 0) is 4.79 Å². The van der Waals surface area contributed by atoms with Gasteiger partial charge in [-0.25, -0.2) is 0 Å². The molecule has 0 fully saturated rings. The number of carbonyl (C=O) groups excluding carboxylic acids is 1. The van der Waals surface area contributed by atoms with E-state index in [2.05, 4.69) is 4.98 Å². The van der Waals surface area contributed by atoms with Crippen molar-refractivity contribution in [3.63, 3.8) is 0 Å². The van der Waals surface area contributed by atoms with Crippen molar-refractivity contribution in [3.05, 3.63) is 66.0 Å². The molecule has 0 bridgehead atoms. The van der Waals surface area contributed by atoms with E-state index in [0.717, 1.165) is 23.3 Å². The second kappa shape index (κ2) is 4.45. The lowest BCUT2D eigenvalue weighted by atomic mass is 9.96. The quantitative estimate of drug-likeness (QED) is 0.754. The highest BCUT2D eigenvalue weighted by molar-refractivity contribution is 5.75. The molecule has 0 amide bonds. The summed E-state index contributed by atoms with van der Waals surface area (Å²) < 4.78 is 5.79. The number of fused-ring (bicyclic) bond motifs is 1. The molecule has 0 saturated heterocycles. The summed E-state index contributed by atoms with van der Waals surface area (Å²) in [5, 5.41) is 0. The summed E-state index contributed by atoms with van der Waals surface area (Å²) in [5.41, 5.74) is 1.63. The molecule has 1 unspecified atom stereocenters. The standard InChI is InChI=1S/C15H11NO2/c17-10-11-9-15(13-6-3-4-8-16-13)18-14-7-2-1-5-12(11)14/h1-11H. The van der Waals surface area contributed by atoms with Crippen molar-refractivity contribution < 1.29 is 9.53 Å². The van der Waals surface area contributed by atoms with E-state index in [0.29, 0.717) is 5.76 Å². The molecule has 88 valence electrons. The van der Waals surface area contributed by atoms with Gasteiger partial charge in [-0.1, -0.05) is 24.3 Å². The highest BCUT2D eigenvalue weighted by Crippen LogP contribution is 2.35. The Balaban J connectivity index is 2.06. The maximum atomic E-state index is 11.2. The van der Waals surface area contributed by atoms with E-state index in [4.69, 9.17) is 4.74 Å². The van der Waals surface area contributed by atoms with Crippen molar-refractivity contribution in [3.8, 4) is 5.75 Å². The summed E-state index contributed by atoms with van der Waals surface area (Å²) in [4.78, 5) is 15.4. The van der Waals surface area contributed by atoms with E-state index < -0.39 is 0 Å². The Labute approximate surface area is 105 Å². The number of carbonyl (C=O) groups is 1. The Bertz CT molecular complexity index is 605. The van der Waals surface area contributed by atoms with Gasteiger partial charge in [0.05, 0.1) is 5.92 Å². The first-order valence-electron chi connectivity index (χ1n) is 5.74. The van der Waals surface area contributed by atoms with E-state index in [1.807, 2.05) is 42.5 Å². The molecule has 0 N–H and O–H groups in total. The Hall–Kier alpha value is -2.42. The van der Waals surface area contributed by atoms with E-state index in [1.54, 1.807) is 12.3 Å². The van der Waals surface area contributed by atoms with Crippen LogP contribution in [0.15, 0.2) is 54.7 Å². The number of nitrogens with zero attached hydrogens (tertiary/aromatic N) is 1. The molecule has 18 heavy (non-hydrogen) atoms. The fourth-order valence-corrected chi connectivity index (χ4v) is 2.01. The molecular formula is C15H11NO2. The summed E-state index contributed by atoms with van der Waals surface area (Å²) >= 11 is 0. The third-order valence-electron chi connectivity index (χ3n) is 2.89. The SMILES string of the molecule is O=CC1C=C(c2ccccn2)Oc2ccccc21. The van der Waals surface area contributed by atoms with Crippen molar-refractivity contribution in [2.24, 2.45) is 0 Å². The maximum absolute atomic E-state index is 11.2. The third kappa shape index (κ3) is 1.80. The molecule has 1 atom stereocenters. The number of para-hydroxylation sites is 1. The highest BCUT2D eigenvalue weighted by Gasteiger charge is 2.22. The van der Waals surface area contributed by atoms with Crippen LogP contribution in [0.2, 0.25) is 0 Å². The number of aromatic nitrogens is 1. The van der Waals surface area contributed by atoms with Gasteiger partial charge in [-0.05, 0) is 24.3 Å². The number of ether oxygens (including phenoxy) is 1. The zero-order valence-corrected chi connectivity index (χ0v) is 9.61. The van der Waals surface area contributed by atoms with E-state index in [1.165, 1.54) is 0 Å². The van der Waals surface area contributed by atoms with Crippen LogP contribution >= 0.6 is 0 Å². The maximum Gasteiger partial charge on any atom is 0.150 e. The molecule has 2 aromatic rings. The monoisotopic (exact) mass is 237 g/mol. The first-order chi connectivity index (χ1) is 8.88. The van der Waals surface area contributed by atoms with Gasteiger partial charge in [0.2, 0.25) is 0 Å². The molecule has 1 aliphatic heterocycles. The first kappa shape index (κ1) is 10.7. The highest BCUT2D eigenvalue weighted by atomic mass is 16.5. The molecule has 0 spiro atoms. The number of rotatable bonds is 2. The lowest BCUT2D eigenvalue weighted by Crippen LogP contribution is -2.10. The van der Waals surface area contributed by atoms with Crippen molar-refractivity contribution >= 4 is 12.0 Å². The second-order valence-electron chi connectivity index (χ2n) is 4.05. The molecule has 2 heterocycles. The van der Waals surface area contributed by atoms with Gasteiger partial charge in [0.15, 0.2) is 0 Å². The summed E-state index contributed by atoms with van der Waals surface area (Å²) in [6.45, 7) is 0. The van der Waals surface area contributed by atoms with Crippen molar-refractivity contribution in [2.45, 2.75) is 5.92 Å². The van der Waals surface area contributed by atoms with Gasteiger partial charge >= 0.3 is 0 Å². The fourth-order valence-electron chi connectivity index (χ4n) is 2.01. The minimum Gasteiger partial charge on any atom is -0.455 e. The molecule has 1 aromatic carbocycles. The summed E-state index contributed by atoms with van der Waals surface area (Å²) in [5.74, 6) is 1.08. The number of hydrogen-bond donors (Lipinski definition) is 0. The molecule has 3 nitrogen and oxygen atoms in total. The van der Waals surface area contributed by atoms with Crippen molar-refractivity contribution in [1.82, 2.24) is 4.98 Å². The topological polar surface area (TPSA) is 39.2 Å². The Kier molecular flexibility index (Phi) is 2.65. The lowest BCUT2D eigenvalue weighted by molar-refractivity contribution is -0.108. The van der Waals surface area contributed by atoms with Gasteiger partial charge in [0, 0.05) is 11.8 Å². The average Bonchev–Trinajstić information content (AvgIpc) is 2.47. The molecule has 0 radical (unpaired) electrons. The number of benzene rings is 1. The number of aldehydes is 1. The van der Waals surface area contributed by atoms with Gasteiger partial charge in [0.25, 0.3) is 0 Å². The summed E-state index contributed by atoms with van der Waals surface area (Å²) in [7, 11) is 0. The van der Waals surface area contributed by atoms with Crippen LogP contribution in [0.4, 0.5) is 0 Å². The van der Waals surface area contributed by atoms with Crippen molar-refractivity contribution in [2.75, 3.05) is 0 Å². The smallest absolute Gasteiger partial charge is 0.150 e. The molecule has 0 saturated carbocycles. The van der Waals surface area contributed by atoms with Gasteiger partial charge < -0.3 is 9.53 Å². The Morgan fingerprint density at radius 1 is 1.11 bits per heavy atom. The van der Waals surface area contributed by atoms with Crippen LogP contribution in [0, 0.1) is 0 Å². The van der Waals surface area contributed by atoms with E-state index in [9.17, 15) is 4.79 Å². The van der Waals surface area contributed by atoms with Gasteiger partial charge in [-0.15, -0.1) is 0 Å². The van der Waals surface area contributed by atoms with E-state index in [-0.39, 0.29) is 5.92 Å². The average molecular weight is 237 g/mol. The van der Waals surface area contributed by atoms with Crippen LogP contribution < -0.4 is 4.74 Å². The van der Waals surface area contributed by atoms with Crippen LogP contribution in [0.25, 0.3) is 5.76 Å². The minimum atomic E-state index is -0.271. The summed E-state index contributed by atoms with van der Waals surface area (Å²) in [6, 6.07) is 13.2. The molecule has 1 aliphatic rings. The zero-order valence-electron chi connectivity index (χ0n) is 9.61. The summed E-state index contributed by atoms with van der Waals surface area (Å²) in [6.07, 6.45) is 4.43. The molecule has 3 rings (SSSR count). The number of pyridine rings is 1. The Morgan fingerprint density at radius 2 is 1.94 bits per heavy atom. The van der Waals surface area contributed by atoms with Crippen molar-refractivity contribution in [1.29, 1.82) is 0 Å². The number of allylic oxidation sites excluding steroid dienone is 1. The molecule has 0 aliphatic carbocycles. The molecule has 3 heteroatoms. The third-order valence-corrected chi connectivity index (χ3v) is 2.89. The van der Waals surface area contributed by atoms with E-state index >= 15 is 0 Å².